The van der Waals surface area contributed by atoms with Crippen LogP contribution in [0.25, 0.3) is 5.69 Å². The van der Waals surface area contributed by atoms with Gasteiger partial charge in [0.15, 0.2) is 5.11 Å². The van der Waals surface area contributed by atoms with Crippen LogP contribution in [0.15, 0.2) is 54.7 Å². The highest BCUT2D eigenvalue weighted by molar-refractivity contribution is 7.80. The Balaban J connectivity index is 1.77. The van der Waals surface area contributed by atoms with Crippen LogP contribution in [0.4, 0.5) is 0 Å². The van der Waals surface area contributed by atoms with Crippen LogP contribution in [0.3, 0.4) is 0 Å². The van der Waals surface area contributed by atoms with Crippen molar-refractivity contribution in [2.24, 2.45) is 0 Å². The van der Waals surface area contributed by atoms with Gasteiger partial charge in [-0.2, -0.15) is 0 Å². The van der Waals surface area contributed by atoms with Gasteiger partial charge < -0.3 is 24.3 Å². The fourth-order valence-electron chi connectivity index (χ4n) is 4.61. The Kier molecular flexibility index (Phi) is 7.16. The minimum atomic E-state index is -0.378. The summed E-state index contributed by atoms with van der Waals surface area (Å²) >= 11 is 5.65. The van der Waals surface area contributed by atoms with Crippen LogP contribution in [0.2, 0.25) is 0 Å². The second-order valence-electron chi connectivity index (χ2n) is 8.26. The van der Waals surface area contributed by atoms with E-state index < -0.39 is 0 Å². The molecule has 2 aromatic heterocycles. The average Bonchev–Trinajstić information content (AvgIpc) is 3.34. The molecule has 35 heavy (non-hydrogen) atoms. The van der Waals surface area contributed by atoms with E-state index in [0.29, 0.717) is 17.3 Å². The Morgan fingerprint density at radius 1 is 1.14 bits per heavy atom. The Morgan fingerprint density at radius 2 is 1.89 bits per heavy atom. The van der Waals surface area contributed by atoms with E-state index in [1.54, 1.807) is 25.3 Å². The summed E-state index contributed by atoms with van der Waals surface area (Å²) in [5.41, 5.74) is 5.26. The van der Waals surface area contributed by atoms with Crippen LogP contribution in [0.1, 0.15) is 52.0 Å². The topological polar surface area (TPSA) is 85.7 Å². The Labute approximate surface area is 209 Å². The molecule has 0 aliphatic carbocycles. The van der Waals surface area contributed by atoms with Crippen molar-refractivity contribution in [2.75, 3.05) is 20.3 Å². The summed E-state index contributed by atoms with van der Waals surface area (Å²) in [7, 11) is 1.36. The van der Waals surface area contributed by atoms with Crippen LogP contribution in [0.5, 0.6) is 0 Å². The van der Waals surface area contributed by atoms with Gasteiger partial charge in [0.25, 0.3) is 0 Å². The maximum Gasteiger partial charge on any atom is 0.337 e. The molecule has 3 heterocycles. The molecular weight excluding hydrogens is 464 g/mol. The fraction of sp³-hybridized carbons (Fsp3) is 0.308. The summed E-state index contributed by atoms with van der Waals surface area (Å²) in [5, 5.41) is 3.84. The van der Waals surface area contributed by atoms with Crippen molar-refractivity contribution in [3.63, 3.8) is 0 Å². The van der Waals surface area contributed by atoms with Crippen LogP contribution in [-0.4, -0.2) is 51.8 Å². The van der Waals surface area contributed by atoms with E-state index in [9.17, 15) is 9.59 Å². The summed E-state index contributed by atoms with van der Waals surface area (Å²) in [6.07, 6.45) is 1.75. The van der Waals surface area contributed by atoms with Crippen LogP contribution < -0.4 is 5.32 Å². The molecule has 0 unspecified atom stereocenters. The molecule has 1 aliphatic heterocycles. The standard InChI is InChI=1S/C26H28N4O4S/c1-5-34-22(31)15-29-24(23(28-26(29)35)21-8-6-7-13-27-21)20-14-16(2)30(17(20)3)19-11-9-18(10-12-19)25(32)33-4/h6-14,23-24H,5,15H2,1-4H3,(H,28,35)/t23-,24-/m1/s1. The number of carbonyl (C=O) groups is 2. The molecule has 0 spiro atoms. The van der Waals surface area contributed by atoms with Crippen molar-refractivity contribution < 1.29 is 19.1 Å². The van der Waals surface area contributed by atoms with Crippen LogP contribution >= 0.6 is 12.2 Å². The van der Waals surface area contributed by atoms with Gasteiger partial charge in [0.2, 0.25) is 0 Å². The quantitative estimate of drug-likeness (QED) is 0.394. The normalized spacial score (nSPS) is 17.3. The fourth-order valence-corrected chi connectivity index (χ4v) is 4.91. The van der Waals surface area contributed by atoms with Crippen molar-refractivity contribution in [2.45, 2.75) is 32.9 Å². The molecule has 0 radical (unpaired) electrons. The molecule has 4 rings (SSSR count). The molecular formula is C26H28N4O4S. The van der Waals surface area contributed by atoms with Gasteiger partial charge in [0, 0.05) is 23.3 Å². The number of aryl methyl sites for hydroxylation is 1. The molecule has 1 fully saturated rings. The molecule has 9 heteroatoms. The zero-order valence-electron chi connectivity index (χ0n) is 20.1. The third-order valence-electron chi connectivity index (χ3n) is 6.14. The third-order valence-corrected chi connectivity index (χ3v) is 6.49. The largest absolute Gasteiger partial charge is 0.465 e. The first-order valence-corrected chi connectivity index (χ1v) is 11.8. The number of rotatable bonds is 7. The van der Waals surface area contributed by atoms with Crippen molar-refractivity contribution in [3.8, 4) is 5.69 Å². The van der Waals surface area contributed by atoms with E-state index in [1.165, 1.54) is 7.11 Å². The average molecular weight is 493 g/mol. The first kappa shape index (κ1) is 24.4. The van der Waals surface area contributed by atoms with E-state index >= 15 is 0 Å². The summed E-state index contributed by atoms with van der Waals surface area (Å²) in [4.78, 5) is 30.7. The SMILES string of the molecule is CCOC(=O)CN1C(=S)N[C@H](c2ccccn2)[C@H]1c1cc(C)n(-c2ccc(C(=O)OC)cc2)c1C. The highest BCUT2D eigenvalue weighted by Gasteiger charge is 2.42. The molecule has 1 aliphatic rings. The van der Waals surface area contributed by atoms with Gasteiger partial charge >= 0.3 is 11.9 Å². The zero-order chi connectivity index (χ0) is 25.1. The van der Waals surface area contributed by atoms with Crippen molar-refractivity contribution in [3.05, 3.63) is 82.9 Å². The van der Waals surface area contributed by atoms with E-state index in [1.807, 2.05) is 49.1 Å². The van der Waals surface area contributed by atoms with Crippen LogP contribution in [-0.2, 0) is 14.3 Å². The number of nitrogens with one attached hydrogen (secondary N) is 1. The van der Waals surface area contributed by atoms with Gasteiger partial charge in [-0.15, -0.1) is 0 Å². The van der Waals surface area contributed by atoms with Gasteiger partial charge in [-0.25, -0.2) is 4.79 Å². The number of nitrogens with zero attached hydrogens (tertiary/aromatic N) is 3. The number of hydrogen-bond donors (Lipinski definition) is 1. The molecule has 0 saturated carbocycles. The molecule has 1 saturated heterocycles. The first-order chi connectivity index (χ1) is 16.8. The molecule has 8 nitrogen and oxygen atoms in total. The number of benzene rings is 1. The van der Waals surface area contributed by atoms with E-state index in [0.717, 1.165) is 28.3 Å². The van der Waals surface area contributed by atoms with Gasteiger partial charge in [0.1, 0.15) is 6.54 Å². The lowest BCUT2D eigenvalue weighted by Crippen LogP contribution is -2.35. The highest BCUT2D eigenvalue weighted by Crippen LogP contribution is 2.41. The molecule has 1 N–H and O–H groups in total. The lowest BCUT2D eigenvalue weighted by molar-refractivity contribution is -0.143. The number of carbonyl (C=O) groups excluding carboxylic acids is 2. The Morgan fingerprint density at radius 3 is 2.51 bits per heavy atom. The number of ether oxygens (including phenoxy) is 2. The number of methoxy groups -OCH3 is 1. The predicted molar refractivity (Wildman–Crippen MR) is 135 cm³/mol. The number of thiocarbonyl (C=S) groups is 1. The highest BCUT2D eigenvalue weighted by atomic mass is 32.1. The minimum Gasteiger partial charge on any atom is -0.465 e. The van der Waals surface area contributed by atoms with Crippen molar-refractivity contribution in [1.82, 2.24) is 19.8 Å². The van der Waals surface area contributed by atoms with Crippen molar-refractivity contribution in [1.29, 1.82) is 0 Å². The minimum absolute atomic E-state index is 0.0329. The zero-order valence-corrected chi connectivity index (χ0v) is 21.0. The molecule has 1 aromatic carbocycles. The second-order valence-corrected chi connectivity index (χ2v) is 8.65. The van der Waals surface area contributed by atoms with Gasteiger partial charge in [-0.3, -0.25) is 9.78 Å². The molecule has 182 valence electrons. The monoisotopic (exact) mass is 492 g/mol. The van der Waals surface area contributed by atoms with Crippen LogP contribution in [0, 0.1) is 13.8 Å². The first-order valence-electron chi connectivity index (χ1n) is 11.4. The predicted octanol–water partition coefficient (Wildman–Crippen LogP) is 3.81. The summed E-state index contributed by atoms with van der Waals surface area (Å²) in [6.45, 7) is 6.18. The summed E-state index contributed by atoms with van der Waals surface area (Å²) < 4.78 is 12.2. The van der Waals surface area contributed by atoms with Gasteiger partial charge in [0.05, 0.1) is 37.1 Å². The smallest absolute Gasteiger partial charge is 0.337 e. The molecule has 3 aromatic rings. The van der Waals surface area contributed by atoms with Crippen molar-refractivity contribution >= 4 is 29.3 Å². The molecule has 2 atom stereocenters. The summed E-state index contributed by atoms with van der Waals surface area (Å²) in [5.74, 6) is -0.716. The maximum atomic E-state index is 12.4. The number of pyridine rings is 1. The van der Waals surface area contributed by atoms with E-state index in [4.69, 9.17) is 21.7 Å². The molecule has 0 bridgehead atoms. The maximum absolute atomic E-state index is 12.4. The van der Waals surface area contributed by atoms with Gasteiger partial charge in [-0.1, -0.05) is 6.07 Å². The Hall–Kier alpha value is -3.72. The number of aromatic nitrogens is 2. The third kappa shape index (κ3) is 4.77. The lowest BCUT2D eigenvalue weighted by Gasteiger charge is -2.27. The number of esters is 2. The van der Waals surface area contributed by atoms with Gasteiger partial charge in [-0.05, 0) is 81.0 Å². The lowest BCUT2D eigenvalue weighted by atomic mass is 9.97. The number of hydrogen-bond acceptors (Lipinski definition) is 6. The molecule has 0 amide bonds. The van der Waals surface area contributed by atoms with E-state index in [2.05, 4.69) is 20.9 Å². The van der Waals surface area contributed by atoms with E-state index in [-0.39, 0.29) is 30.6 Å². The second kappa shape index (κ2) is 10.3. The summed E-state index contributed by atoms with van der Waals surface area (Å²) in [6, 6.07) is 14.6. The Bertz CT molecular complexity index is 1240.